The normalized spacial score (nSPS) is 11.1. The van der Waals surface area contributed by atoms with Gasteiger partial charge in [0.05, 0.1) is 11.1 Å². The molecule has 0 aliphatic rings. The summed E-state index contributed by atoms with van der Waals surface area (Å²) in [5.74, 6) is 0.0324. The number of aromatic nitrogens is 1. The molecule has 0 amide bonds. The fourth-order valence-corrected chi connectivity index (χ4v) is 3.91. The molecule has 0 atom stereocenters. The quantitative estimate of drug-likeness (QED) is 0.273. The molecule has 0 N–H and O–H groups in total. The lowest BCUT2D eigenvalue weighted by atomic mass is 9.96. The van der Waals surface area contributed by atoms with Crippen molar-refractivity contribution >= 4 is 39.2 Å². The second-order valence-electron chi connectivity index (χ2n) is 6.00. The summed E-state index contributed by atoms with van der Waals surface area (Å²) < 4.78 is 0. The number of benzene rings is 3. The Morgan fingerprint density at radius 2 is 1.60 bits per heavy atom. The van der Waals surface area contributed by atoms with Crippen molar-refractivity contribution in [3.63, 3.8) is 0 Å². The van der Waals surface area contributed by atoms with Crippen LogP contribution < -0.4 is 0 Å². The van der Waals surface area contributed by atoms with Gasteiger partial charge >= 0.3 is 0 Å². The molecular weight excluding hydrogens is 326 g/mol. The summed E-state index contributed by atoms with van der Waals surface area (Å²) in [6.07, 6.45) is 1.97. The number of ketones is 1. The third-order valence-electron chi connectivity index (χ3n) is 4.56. The number of aryl methyl sites for hydroxylation is 1. The predicted octanol–water partition coefficient (Wildman–Crippen LogP) is 5.65. The van der Waals surface area contributed by atoms with E-state index >= 15 is 0 Å². The number of nitrogens with zero attached hydrogens (tertiary/aromatic N) is 1. The van der Waals surface area contributed by atoms with E-state index in [1.54, 1.807) is 0 Å². The molecule has 4 rings (SSSR count). The van der Waals surface area contributed by atoms with E-state index in [-0.39, 0.29) is 5.78 Å². The first kappa shape index (κ1) is 15.9. The SMILES string of the molecule is CSc1nc2c(ccc3ccccc32)c(C)c1C(=O)c1ccccc1. The van der Waals surface area contributed by atoms with Crippen LogP contribution in [-0.2, 0) is 0 Å². The predicted molar refractivity (Wildman–Crippen MR) is 106 cm³/mol. The molecule has 1 aromatic heterocycles. The molecule has 0 aliphatic carbocycles. The van der Waals surface area contributed by atoms with Gasteiger partial charge in [0, 0.05) is 16.3 Å². The third kappa shape index (κ3) is 2.61. The summed E-state index contributed by atoms with van der Waals surface area (Å²) in [4.78, 5) is 18.0. The van der Waals surface area contributed by atoms with E-state index in [0.29, 0.717) is 11.1 Å². The molecule has 3 aromatic carbocycles. The summed E-state index contributed by atoms with van der Waals surface area (Å²) in [6, 6.07) is 21.8. The number of rotatable bonds is 3. The number of carbonyl (C=O) groups is 1. The van der Waals surface area contributed by atoms with Gasteiger partial charge in [0.15, 0.2) is 5.78 Å². The lowest BCUT2D eigenvalue weighted by molar-refractivity contribution is 0.103. The zero-order valence-corrected chi connectivity index (χ0v) is 14.9. The highest BCUT2D eigenvalue weighted by Gasteiger charge is 2.20. The average Bonchev–Trinajstić information content (AvgIpc) is 2.67. The fraction of sp³-hybridized carbons (Fsp3) is 0.0909. The molecule has 0 bridgehead atoms. The number of carbonyl (C=O) groups excluding carboxylic acids is 1. The van der Waals surface area contributed by atoms with Gasteiger partial charge in [-0.3, -0.25) is 4.79 Å². The average molecular weight is 343 g/mol. The van der Waals surface area contributed by atoms with Crippen LogP contribution >= 0.6 is 11.8 Å². The zero-order chi connectivity index (χ0) is 17.4. The van der Waals surface area contributed by atoms with Gasteiger partial charge in [0.2, 0.25) is 0 Å². The number of hydrogen-bond acceptors (Lipinski definition) is 3. The first-order chi connectivity index (χ1) is 12.2. The van der Waals surface area contributed by atoms with Gasteiger partial charge < -0.3 is 0 Å². The van der Waals surface area contributed by atoms with Crippen molar-refractivity contribution in [1.82, 2.24) is 4.98 Å². The van der Waals surface area contributed by atoms with Crippen LogP contribution in [0.1, 0.15) is 21.5 Å². The molecular formula is C22H17NOS. The van der Waals surface area contributed by atoms with Crippen molar-refractivity contribution < 1.29 is 4.79 Å². The van der Waals surface area contributed by atoms with Gasteiger partial charge in [-0.05, 0) is 24.1 Å². The zero-order valence-electron chi connectivity index (χ0n) is 14.1. The van der Waals surface area contributed by atoms with Gasteiger partial charge in [0.1, 0.15) is 5.03 Å². The molecule has 25 heavy (non-hydrogen) atoms. The van der Waals surface area contributed by atoms with Crippen LogP contribution in [0.5, 0.6) is 0 Å². The summed E-state index contributed by atoms with van der Waals surface area (Å²) in [5.41, 5.74) is 3.36. The molecule has 0 spiro atoms. The number of pyridine rings is 1. The maximum Gasteiger partial charge on any atom is 0.196 e. The maximum absolute atomic E-state index is 13.1. The Labute approximate surface area is 150 Å². The number of thioether (sulfide) groups is 1. The molecule has 122 valence electrons. The molecule has 3 heteroatoms. The lowest BCUT2D eigenvalue weighted by Crippen LogP contribution is -2.08. The Morgan fingerprint density at radius 3 is 2.36 bits per heavy atom. The van der Waals surface area contributed by atoms with Crippen molar-refractivity contribution in [3.8, 4) is 0 Å². The van der Waals surface area contributed by atoms with E-state index in [4.69, 9.17) is 4.98 Å². The molecule has 0 saturated heterocycles. The molecule has 2 nitrogen and oxygen atoms in total. The summed E-state index contributed by atoms with van der Waals surface area (Å²) in [5, 5.41) is 4.11. The van der Waals surface area contributed by atoms with Crippen molar-refractivity contribution in [2.45, 2.75) is 11.9 Å². The van der Waals surface area contributed by atoms with Gasteiger partial charge in [-0.25, -0.2) is 4.98 Å². The summed E-state index contributed by atoms with van der Waals surface area (Å²) in [6.45, 7) is 2.02. The van der Waals surface area contributed by atoms with Crippen molar-refractivity contribution in [1.29, 1.82) is 0 Å². The Balaban J connectivity index is 2.04. The Hall–Kier alpha value is -2.65. The van der Waals surface area contributed by atoms with Crippen LogP contribution in [0.25, 0.3) is 21.7 Å². The summed E-state index contributed by atoms with van der Waals surface area (Å²) >= 11 is 1.52. The molecule has 0 radical (unpaired) electrons. The van der Waals surface area contributed by atoms with Crippen LogP contribution in [0.2, 0.25) is 0 Å². The van der Waals surface area contributed by atoms with Crippen LogP contribution in [0.4, 0.5) is 0 Å². The van der Waals surface area contributed by atoms with Crippen LogP contribution in [-0.4, -0.2) is 17.0 Å². The topological polar surface area (TPSA) is 30.0 Å². The highest BCUT2D eigenvalue weighted by atomic mass is 32.2. The van der Waals surface area contributed by atoms with E-state index in [1.807, 2.05) is 55.6 Å². The summed E-state index contributed by atoms with van der Waals surface area (Å²) in [7, 11) is 0. The van der Waals surface area contributed by atoms with Crippen LogP contribution in [0, 0.1) is 6.92 Å². The highest BCUT2D eigenvalue weighted by molar-refractivity contribution is 7.98. The molecule has 4 aromatic rings. The monoisotopic (exact) mass is 343 g/mol. The maximum atomic E-state index is 13.1. The lowest BCUT2D eigenvalue weighted by Gasteiger charge is -2.14. The van der Waals surface area contributed by atoms with Gasteiger partial charge in [0.25, 0.3) is 0 Å². The smallest absolute Gasteiger partial charge is 0.196 e. The number of fused-ring (bicyclic) bond motifs is 3. The van der Waals surface area contributed by atoms with E-state index in [2.05, 4.69) is 24.3 Å². The molecule has 0 fully saturated rings. The minimum absolute atomic E-state index is 0.0324. The minimum atomic E-state index is 0.0324. The minimum Gasteiger partial charge on any atom is -0.288 e. The first-order valence-electron chi connectivity index (χ1n) is 8.16. The van der Waals surface area contributed by atoms with E-state index < -0.39 is 0 Å². The van der Waals surface area contributed by atoms with Crippen molar-refractivity contribution in [2.75, 3.05) is 6.26 Å². The third-order valence-corrected chi connectivity index (χ3v) is 5.25. The van der Waals surface area contributed by atoms with Gasteiger partial charge in [-0.2, -0.15) is 0 Å². The fourth-order valence-electron chi connectivity index (χ4n) is 3.28. The Morgan fingerprint density at radius 1 is 0.880 bits per heavy atom. The molecule has 0 saturated carbocycles. The largest absolute Gasteiger partial charge is 0.288 e. The van der Waals surface area contributed by atoms with Crippen molar-refractivity contribution in [2.24, 2.45) is 0 Å². The van der Waals surface area contributed by atoms with Gasteiger partial charge in [-0.1, -0.05) is 66.7 Å². The number of hydrogen-bond donors (Lipinski definition) is 0. The second kappa shape index (κ2) is 6.34. The Kier molecular flexibility index (Phi) is 4.02. The van der Waals surface area contributed by atoms with Crippen molar-refractivity contribution in [3.05, 3.63) is 83.4 Å². The first-order valence-corrected chi connectivity index (χ1v) is 9.39. The molecule has 1 heterocycles. The van der Waals surface area contributed by atoms with Gasteiger partial charge in [-0.15, -0.1) is 11.8 Å². The highest BCUT2D eigenvalue weighted by Crippen LogP contribution is 2.33. The standard InChI is InChI=1S/C22H17NOS/c1-14-17-13-12-15-8-6-7-11-18(15)20(17)23-22(25-2)19(14)21(24)16-9-4-3-5-10-16/h3-13H,1-2H3. The Bertz CT molecular complexity index is 1100. The molecule has 0 aliphatic heterocycles. The van der Waals surface area contributed by atoms with Crippen LogP contribution in [0.15, 0.2) is 71.8 Å². The van der Waals surface area contributed by atoms with E-state index in [0.717, 1.165) is 32.3 Å². The van der Waals surface area contributed by atoms with E-state index in [9.17, 15) is 4.79 Å². The van der Waals surface area contributed by atoms with E-state index in [1.165, 1.54) is 11.8 Å². The second-order valence-corrected chi connectivity index (χ2v) is 6.79. The molecule has 0 unspecified atom stereocenters. The van der Waals surface area contributed by atoms with Crippen LogP contribution in [0.3, 0.4) is 0 Å².